The van der Waals surface area contributed by atoms with Gasteiger partial charge in [0.05, 0.1) is 0 Å². The van der Waals surface area contributed by atoms with Crippen LogP contribution < -0.4 is 10.6 Å². The Morgan fingerprint density at radius 3 is 2.09 bits per heavy atom. The molecule has 190 valence electrons. The van der Waals surface area contributed by atoms with Gasteiger partial charge in [0.25, 0.3) is 0 Å². The molecule has 0 bridgehead atoms. The molecule has 1 fully saturated rings. The van der Waals surface area contributed by atoms with Crippen molar-refractivity contribution in [2.75, 3.05) is 13.2 Å². The molecular formula is C28H39N2O4P. The van der Waals surface area contributed by atoms with Gasteiger partial charge >= 0.3 is 0 Å². The molecule has 2 amide bonds. The lowest BCUT2D eigenvalue weighted by atomic mass is 9.85. The van der Waals surface area contributed by atoms with Gasteiger partial charge in [-0.3, -0.25) is 14.2 Å². The van der Waals surface area contributed by atoms with Crippen LogP contribution in [0.4, 0.5) is 0 Å². The van der Waals surface area contributed by atoms with Crippen LogP contribution in [0.25, 0.3) is 0 Å². The minimum Gasteiger partial charge on any atom is -0.357 e. The monoisotopic (exact) mass is 498 g/mol. The summed E-state index contributed by atoms with van der Waals surface area (Å²) in [5.41, 5.74) is 2.66. The van der Waals surface area contributed by atoms with E-state index in [1.54, 1.807) is 7.05 Å². The molecule has 3 atom stereocenters. The number of nitrogens with one attached hydrogen (secondary N) is 2. The maximum absolute atomic E-state index is 13.2. The Kier molecular flexibility index (Phi) is 8.95. The molecule has 2 aromatic rings. The van der Waals surface area contributed by atoms with Crippen LogP contribution in [-0.2, 0) is 26.7 Å². The fraction of sp³-hybridized carbons (Fsp3) is 0.500. The third-order valence-corrected chi connectivity index (χ3v) is 8.43. The Morgan fingerprint density at radius 2 is 1.54 bits per heavy atom. The lowest BCUT2D eigenvalue weighted by Gasteiger charge is -2.31. The Hall–Kier alpha value is -2.43. The molecule has 2 unspecified atom stereocenters. The average molecular weight is 499 g/mol. The number of benzene rings is 2. The first-order valence-electron chi connectivity index (χ1n) is 12.4. The van der Waals surface area contributed by atoms with Crippen LogP contribution in [0.15, 0.2) is 54.6 Å². The predicted octanol–water partition coefficient (Wildman–Crippen LogP) is 4.74. The van der Waals surface area contributed by atoms with Gasteiger partial charge in [0.15, 0.2) is 0 Å². The average Bonchev–Trinajstić information content (AvgIpc) is 3.61. The Morgan fingerprint density at radius 1 is 0.971 bits per heavy atom. The van der Waals surface area contributed by atoms with Crippen molar-refractivity contribution >= 4 is 19.2 Å². The molecule has 7 heteroatoms. The van der Waals surface area contributed by atoms with Crippen LogP contribution in [0.1, 0.15) is 56.7 Å². The van der Waals surface area contributed by atoms with Crippen LogP contribution in [0, 0.1) is 17.3 Å². The topological polar surface area (TPSA) is 95.5 Å². The number of carbonyl (C=O) groups is 2. The van der Waals surface area contributed by atoms with Crippen LogP contribution in [0.5, 0.6) is 0 Å². The van der Waals surface area contributed by atoms with Gasteiger partial charge < -0.3 is 15.5 Å². The Labute approximate surface area is 209 Å². The number of rotatable bonds is 11. The molecule has 0 aliphatic heterocycles. The zero-order valence-corrected chi connectivity index (χ0v) is 22.2. The Bertz CT molecular complexity index is 1040. The van der Waals surface area contributed by atoms with Gasteiger partial charge in [-0.2, -0.15) is 0 Å². The lowest BCUT2D eigenvalue weighted by molar-refractivity contribution is -0.133. The second kappa shape index (κ2) is 11.5. The summed E-state index contributed by atoms with van der Waals surface area (Å²) in [7, 11) is -2.07. The molecule has 35 heavy (non-hydrogen) atoms. The first-order chi connectivity index (χ1) is 16.5. The van der Waals surface area contributed by atoms with E-state index in [1.165, 1.54) is 5.56 Å². The van der Waals surface area contributed by atoms with E-state index in [0.717, 1.165) is 30.4 Å². The minimum atomic E-state index is -3.61. The molecule has 0 spiro atoms. The second-order valence-corrected chi connectivity index (χ2v) is 13.3. The van der Waals surface area contributed by atoms with Crippen molar-refractivity contribution in [1.29, 1.82) is 0 Å². The van der Waals surface area contributed by atoms with Crippen molar-refractivity contribution in [2.45, 2.75) is 58.7 Å². The van der Waals surface area contributed by atoms with Gasteiger partial charge in [0.2, 0.25) is 19.2 Å². The molecule has 0 aromatic heterocycles. The minimum absolute atomic E-state index is 0.0329. The van der Waals surface area contributed by atoms with Gasteiger partial charge in [0.1, 0.15) is 6.04 Å². The molecule has 3 N–H and O–H groups in total. The van der Waals surface area contributed by atoms with Gasteiger partial charge in [-0.05, 0) is 40.9 Å². The number of amides is 2. The number of hydrogen-bond acceptors (Lipinski definition) is 3. The molecule has 1 saturated carbocycles. The van der Waals surface area contributed by atoms with E-state index in [4.69, 9.17) is 0 Å². The highest BCUT2D eigenvalue weighted by molar-refractivity contribution is 7.57. The van der Waals surface area contributed by atoms with E-state index in [2.05, 4.69) is 22.8 Å². The van der Waals surface area contributed by atoms with Crippen LogP contribution in [0.3, 0.4) is 0 Å². The van der Waals surface area contributed by atoms with Crippen LogP contribution >= 0.6 is 7.37 Å². The first kappa shape index (κ1) is 27.2. The molecule has 1 aliphatic rings. The summed E-state index contributed by atoms with van der Waals surface area (Å²) in [6, 6.07) is 17.3. The highest BCUT2D eigenvalue weighted by atomic mass is 31.2. The van der Waals surface area contributed by atoms with E-state index in [9.17, 15) is 19.0 Å². The fourth-order valence-corrected chi connectivity index (χ4v) is 6.30. The summed E-state index contributed by atoms with van der Waals surface area (Å²) >= 11 is 0. The van der Waals surface area contributed by atoms with Gasteiger partial charge in [-0.15, -0.1) is 0 Å². The molecule has 0 saturated heterocycles. The van der Waals surface area contributed by atoms with Gasteiger partial charge in [-0.1, -0.05) is 88.2 Å². The molecule has 6 nitrogen and oxygen atoms in total. The lowest BCUT2D eigenvalue weighted by Crippen LogP contribution is -2.54. The maximum Gasteiger partial charge on any atom is 0.242 e. The zero-order valence-electron chi connectivity index (χ0n) is 21.3. The molecule has 0 heterocycles. The summed E-state index contributed by atoms with van der Waals surface area (Å²) < 4.78 is 13.2. The predicted molar refractivity (Wildman–Crippen MR) is 140 cm³/mol. The highest BCUT2D eigenvalue weighted by Gasteiger charge is 2.38. The largest absolute Gasteiger partial charge is 0.357 e. The van der Waals surface area contributed by atoms with Crippen LogP contribution in [0.2, 0.25) is 0 Å². The highest BCUT2D eigenvalue weighted by Crippen LogP contribution is 2.48. The van der Waals surface area contributed by atoms with E-state index in [-0.39, 0.29) is 24.1 Å². The van der Waals surface area contributed by atoms with Crippen molar-refractivity contribution in [3.05, 3.63) is 71.3 Å². The van der Waals surface area contributed by atoms with E-state index in [1.807, 2.05) is 63.2 Å². The fourth-order valence-electron chi connectivity index (χ4n) is 4.39. The smallest absolute Gasteiger partial charge is 0.242 e. The quantitative estimate of drug-likeness (QED) is 0.390. The van der Waals surface area contributed by atoms with Gasteiger partial charge in [-0.25, -0.2) is 0 Å². The van der Waals surface area contributed by atoms with Crippen molar-refractivity contribution in [2.24, 2.45) is 17.3 Å². The number of carbonyl (C=O) groups excluding carboxylic acids is 2. The Balaban J connectivity index is 1.66. The van der Waals surface area contributed by atoms with E-state index < -0.39 is 24.7 Å². The second-order valence-electron chi connectivity index (χ2n) is 11.0. The number of hydrogen-bond donors (Lipinski definition) is 3. The summed E-state index contributed by atoms with van der Waals surface area (Å²) in [6.45, 7) is 5.67. The standard InChI is InChI=1S/C28H39N2O4P/c1-28(2,3)25(27(32)29-4)30-26(31)24(17-22-10-11-22)19-35(33,34)18-23-14-12-21(13-15-23)16-20-8-6-5-7-9-20/h5-9,12-15,22,24-25H,10-11,16-19H2,1-4H3,(H,29,32)(H,30,31)(H,33,34)/t24?,25-/m1/s1. The summed E-state index contributed by atoms with van der Waals surface area (Å²) in [4.78, 5) is 36.5. The van der Waals surface area contributed by atoms with Crippen molar-refractivity contribution in [3.8, 4) is 0 Å². The SMILES string of the molecule is CNC(=O)[C@@H](NC(=O)C(CC1CC1)CP(=O)(O)Cc1ccc(Cc2ccccc2)cc1)C(C)(C)C. The van der Waals surface area contributed by atoms with Crippen molar-refractivity contribution in [3.63, 3.8) is 0 Å². The van der Waals surface area contributed by atoms with Crippen LogP contribution in [-0.4, -0.2) is 36.0 Å². The third-order valence-electron chi connectivity index (χ3n) is 6.56. The molecular weight excluding hydrogens is 459 g/mol. The molecule has 0 radical (unpaired) electrons. The molecule has 2 aromatic carbocycles. The molecule has 3 rings (SSSR count). The third kappa shape index (κ3) is 8.63. The van der Waals surface area contributed by atoms with E-state index >= 15 is 0 Å². The van der Waals surface area contributed by atoms with Crippen molar-refractivity contribution in [1.82, 2.24) is 10.6 Å². The number of likely N-dealkylation sites (N-methyl/N-ethyl adjacent to an activating group) is 1. The molecule has 1 aliphatic carbocycles. The summed E-state index contributed by atoms with van der Waals surface area (Å²) in [6.07, 6.45) is 3.43. The maximum atomic E-state index is 13.2. The zero-order chi connectivity index (χ0) is 25.6. The summed E-state index contributed by atoms with van der Waals surface area (Å²) in [5, 5.41) is 5.49. The first-order valence-corrected chi connectivity index (χ1v) is 14.4. The normalized spacial score (nSPS) is 17.2. The van der Waals surface area contributed by atoms with E-state index in [0.29, 0.717) is 12.3 Å². The van der Waals surface area contributed by atoms with Crippen molar-refractivity contribution < 1.29 is 19.0 Å². The summed E-state index contributed by atoms with van der Waals surface area (Å²) in [5.74, 6) is -0.756. The van der Waals surface area contributed by atoms with Gasteiger partial charge in [0, 0.05) is 25.3 Å².